The smallest absolute Gasteiger partial charge is 0.0983 e. The van der Waals surface area contributed by atoms with Crippen molar-refractivity contribution in [1.29, 1.82) is 0 Å². The fourth-order valence-corrected chi connectivity index (χ4v) is 2.26. The summed E-state index contributed by atoms with van der Waals surface area (Å²) in [5, 5.41) is 3.27. The van der Waals surface area contributed by atoms with Crippen molar-refractivity contribution >= 4 is 11.4 Å². The van der Waals surface area contributed by atoms with Gasteiger partial charge in [0.05, 0.1) is 5.84 Å². The quantitative estimate of drug-likeness (QED) is 0.436. The summed E-state index contributed by atoms with van der Waals surface area (Å²) in [5.74, 6) is 0.911. The van der Waals surface area contributed by atoms with Crippen molar-refractivity contribution < 1.29 is 0 Å². The standard InChI is InChI=1S/C20H28N2/c1-8-11-21-18(7)22-13-20(14(2)3)17(6)19-10-9-15(4)12-16(19)5/h9-10,12-13H,2,6,8,11H2,1,3-5,7H3,(H,21,22)/b20-13-. The highest BCUT2D eigenvalue weighted by Crippen LogP contribution is 2.28. The third-order valence-corrected chi connectivity index (χ3v) is 3.51. The third-order valence-electron chi connectivity index (χ3n) is 3.51. The van der Waals surface area contributed by atoms with Crippen LogP contribution < -0.4 is 5.32 Å². The molecule has 118 valence electrons. The molecule has 0 bridgehead atoms. The van der Waals surface area contributed by atoms with Crippen LogP contribution in [0.3, 0.4) is 0 Å². The summed E-state index contributed by atoms with van der Waals surface area (Å²) in [6, 6.07) is 6.41. The van der Waals surface area contributed by atoms with Gasteiger partial charge in [-0.2, -0.15) is 0 Å². The molecule has 0 saturated carbocycles. The van der Waals surface area contributed by atoms with Crippen LogP contribution in [-0.4, -0.2) is 12.4 Å². The van der Waals surface area contributed by atoms with Crippen molar-refractivity contribution in [3.05, 3.63) is 65.4 Å². The molecule has 1 aromatic carbocycles. The monoisotopic (exact) mass is 296 g/mol. The van der Waals surface area contributed by atoms with E-state index in [0.717, 1.165) is 41.1 Å². The lowest BCUT2D eigenvalue weighted by Crippen LogP contribution is -2.20. The highest BCUT2D eigenvalue weighted by atomic mass is 15.0. The predicted molar refractivity (Wildman–Crippen MR) is 99.2 cm³/mol. The van der Waals surface area contributed by atoms with Gasteiger partial charge >= 0.3 is 0 Å². The summed E-state index contributed by atoms with van der Waals surface area (Å²) in [6.45, 7) is 19.6. The molecule has 0 fully saturated rings. The first-order chi connectivity index (χ1) is 10.4. The van der Waals surface area contributed by atoms with Gasteiger partial charge in [-0.15, -0.1) is 0 Å². The van der Waals surface area contributed by atoms with Crippen LogP contribution in [0.25, 0.3) is 5.57 Å². The molecule has 0 saturated heterocycles. The van der Waals surface area contributed by atoms with E-state index in [0.29, 0.717) is 0 Å². The maximum Gasteiger partial charge on any atom is 0.0983 e. The van der Waals surface area contributed by atoms with Crippen LogP contribution in [-0.2, 0) is 0 Å². The second-order valence-electron chi connectivity index (χ2n) is 5.76. The molecule has 22 heavy (non-hydrogen) atoms. The fourth-order valence-electron chi connectivity index (χ4n) is 2.26. The van der Waals surface area contributed by atoms with E-state index >= 15 is 0 Å². The van der Waals surface area contributed by atoms with Crippen molar-refractivity contribution in [3.8, 4) is 0 Å². The second kappa shape index (κ2) is 8.38. The SMILES string of the molecule is C=C(C)/C(=C/N=C(\C)NCCC)C(=C)c1ccc(C)cc1C. The lowest BCUT2D eigenvalue weighted by atomic mass is 9.92. The molecule has 2 heteroatoms. The topological polar surface area (TPSA) is 24.4 Å². The lowest BCUT2D eigenvalue weighted by Gasteiger charge is -2.14. The number of aliphatic imine (C=N–C) groups is 1. The molecule has 0 spiro atoms. The molecule has 1 N–H and O–H groups in total. The summed E-state index contributed by atoms with van der Waals surface area (Å²) >= 11 is 0. The highest BCUT2D eigenvalue weighted by Gasteiger charge is 2.09. The maximum absolute atomic E-state index is 4.50. The van der Waals surface area contributed by atoms with Crippen molar-refractivity contribution in [1.82, 2.24) is 5.32 Å². The zero-order valence-electron chi connectivity index (χ0n) is 14.6. The first-order valence-electron chi connectivity index (χ1n) is 7.78. The molecule has 0 aliphatic carbocycles. The first kappa shape index (κ1) is 18.0. The van der Waals surface area contributed by atoms with E-state index in [2.05, 4.69) is 62.4 Å². The summed E-state index contributed by atoms with van der Waals surface area (Å²) < 4.78 is 0. The van der Waals surface area contributed by atoms with Crippen LogP contribution in [0, 0.1) is 13.8 Å². The average Bonchev–Trinajstić information content (AvgIpc) is 2.44. The van der Waals surface area contributed by atoms with E-state index in [-0.39, 0.29) is 0 Å². The van der Waals surface area contributed by atoms with Crippen LogP contribution in [0.5, 0.6) is 0 Å². The van der Waals surface area contributed by atoms with E-state index in [9.17, 15) is 0 Å². The molecule has 2 nitrogen and oxygen atoms in total. The Labute approximate surface area is 135 Å². The largest absolute Gasteiger partial charge is 0.374 e. The predicted octanol–water partition coefficient (Wildman–Crippen LogP) is 5.19. The van der Waals surface area contributed by atoms with Gasteiger partial charge in [-0.1, -0.05) is 43.8 Å². The molecule has 0 aliphatic heterocycles. The van der Waals surface area contributed by atoms with E-state index in [1.54, 1.807) is 0 Å². The van der Waals surface area contributed by atoms with Crippen molar-refractivity contribution in [2.24, 2.45) is 4.99 Å². The normalized spacial score (nSPS) is 12.2. The minimum absolute atomic E-state index is 0.911. The van der Waals surface area contributed by atoms with Crippen LogP contribution in [0.2, 0.25) is 0 Å². The van der Waals surface area contributed by atoms with Gasteiger partial charge in [0.2, 0.25) is 0 Å². The molecule has 0 radical (unpaired) electrons. The average molecular weight is 296 g/mol. The van der Waals surface area contributed by atoms with Gasteiger partial charge in [0.1, 0.15) is 0 Å². The molecular weight excluding hydrogens is 268 g/mol. The number of nitrogens with zero attached hydrogens (tertiary/aromatic N) is 1. The zero-order chi connectivity index (χ0) is 16.7. The Morgan fingerprint density at radius 2 is 1.91 bits per heavy atom. The van der Waals surface area contributed by atoms with Gasteiger partial charge in [-0.25, -0.2) is 4.99 Å². The van der Waals surface area contributed by atoms with Gasteiger partial charge in [0.15, 0.2) is 0 Å². The number of rotatable bonds is 6. The number of amidine groups is 1. The zero-order valence-corrected chi connectivity index (χ0v) is 14.6. The van der Waals surface area contributed by atoms with Gasteiger partial charge in [0, 0.05) is 18.3 Å². The molecule has 0 atom stereocenters. The Bertz CT molecular complexity index is 619. The minimum Gasteiger partial charge on any atom is -0.374 e. The number of aryl methyl sites for hydroxylation is 2. The minimum atomic E-state index is 0.911. The molecule has 0 aromatic heterocycles. The van der Waals surface area contributed by atoms with Gasteiger partial charge < -0.3 is 5.32 Å². The molecule has 1 aromatic rings. The maximum atomic E-state index is 4.50. The highest BCUT2D eigenvalue weighted by molar-refractivity contribution is 5.85. The summed E-state index contributed by atoms with van der Waals surface area (Å²) in [6.07, 6.45) is 2.95. The molecule has 0 heterocycles. The van der Waals surface area contributed by atoms with Crippen molar-refractivity contribution in [3.63, 3.8) is 0 Å². The third kappa shape index (κ3) is 5.03. The number of hydrogen-bond acceptors (Lipinski definition) is 1. The molecular formula is C20H28N2. The molecule has 0 aliphatic rings. The first-order valence-corrected chi connectivity index (χ1v) is 7.78. The Hall–Kier alpha value is -2.09. The van der Waals surface area contributed by atoms with Gasteiger partial charge in [-0.3, -0.25) is 0 Å². The molecule has 1 rings (SSSR count). The molecule has 0 amide bonds. The van der Waals surface area contributed by atoms with Crippen LogP contribution in [0.4, 0.5) is 0 Å². The molecule has 0 unspecified atom stereocenters. The second-order valence-corrected chi connectivity index (χ2v) is 5.76. The summed E-state index contributed by atoms with van der Waals surface area (Å²) in [4.78, 5) is 4.50. The van der Waals surface area contributed by atoms with Crippen molar-refractivity contribution in [2.45, 2.75) is 41.0 Å². The summed E-state index contributed by atoms with van der Waals surface area (Å²) in [7, 11) is 0. The van der Waals surface area contributed by atoms with E-state index in [1.807, 2.05) is 20.0 Å². The fraction of sp³-hybridized carbons (Fsp3) is 0.350. The van der Waals surface area contributed by atoms with E-state index in [1.165, 1.54) is 11.1 Å². The Balaban J connectivity index is 3.10. The van der Waals surface area contributed by atoms with Gasteiger partial charge in [0.25, 0.3) is 0 Å². The Morgan fingerprint density at radius 3 is 2.45 bits per heavy atom. The number of nitrogens with one attached hydrogen (secondary N) is 1. The van der Waals surface area contributed by atoms with Crippen LogP contribution in [0.15, 0.2) is 53.7 Å². The van der Waals surface area contributed by atoms with Gasteiger partial charge in [-0.05, 0) is 56.4 Å². The number of hydrogen-bond donors (Lipinski definition) is 1. The lowest BCUT2D eigenvalue weighted by molar-refractivity contribution is 0.836. The Morgan fingerprint density at radius 1 is 1.23 bits per heavy atom. The van der Waals surface area contributed by atoms with E-state index in [4.69, 9.17) is 0 Å². The summed E-state index contributed by atoms with van der Waals surface area (Å²) in [5.41, 5.74) is 6.56. The van der Waals surface area contributed by atoms with Crippen LogP contribution in [0.1, 0.15) is 43.9 Å². The number of allylic oxidation sites excluding steroid dienone is 3. The number of benzene rings is 1. The van der Waals surface area contributed by atoms with Crippen molar-refractivity contribution in [2.75, 3.05) is 6.54 Å². The van der Waals surface area contributed by atoms with Crippen LogP contribution >= 0.6 is 0 Å². The van der Waals surface area contributed by atoms with E-state index < -0.39 is 0 Å². The Kier molecular flexibility index (Phi) is 6.84.